The maximum Gasteiger partial charge on any atom is 0.271 e. The molecule has 0 saturated heterocycles. The van der Waals surface area contributed by atoms with Gasteiger partial charge in [0, 0.05) is 15.6 Å². The van der Waals surface area contributed by atoms with Crippen molar-refractivity contribution in [3.63, 3.8) is 0 Å². The van der Waals surface area contributed by atoms with Crippen LogP contribution in [0.5, 0.6) is 5.75 Å². The Labute approximate surface area is 164 Å². The fourth-order valence-electron chi connectivity index (χ4n) is 2.29. The summed E-state index contributed by atoms with van der Waals surface area (Å²) in [6.07, 6.45) is 1.51. The Morgan fingerprint density at radius 1 is 1.04 bits per heavy atom. The average Bonchev–Trinajstić information content (AvgIpc) is 2.69. The average molecular weight is 427 g/mol. The van der Waals surface area contributed by atoms with Gasteiger partial charge in [-0.1, -0.05) is 40.2 Å². The second-order valence-electron chi connectivity index (χ2n) is 5.66. The second-order valence-corrected chi connectivity index (χ2v) is 6.57. The van der Waals surface area contributed by atoms with Crippen LogP contribution >= 0.6 is 15.9 Å². The van der Waals surface area contributed by atoms with Gasteiger partial charge in [-0.05, 0) is 54.1 Å². The summed E-state index contributed by atoms with van der Waals surface area (Å²) >= 11 is 3.40. The molecule has 6 heteroatoms. The highest BCUT2D eigenvalue weighted by Crippen LogP contribution is 2.18. The maximum absolute atomic E-state index is 12.9. The van der Waals surface area contributed by atoms with Gasteiger partial charge in [-0.15, -0.1) is 0 Å². The molecule has 3 rings (SSSR count). The molecule has 0 heterocycles. The van der Waals surface area contributed by atoms with Gasteiger partial charge in [0.15, 0.2) is 0 Å². The van der Waals surface area contributed by atoms with Gasteiger partial charge >= 0.3 is 0 Å². The zero-order valence-corrected chi connectivity index (χ0v) is 15.8. The van der Waals surface area contributed by atoms with Crippen LogP contribution in [0.3, 0.4) is 0 Å². The van der Waals surface area contributed by atoms with E-state index in [2.05, 4.69) is 26.5 Å². The SMILES string of the molecule is O=C(N/N=C\c1ccccc1OCc1ccc(Br)cc1)c1ccc(F)cc1. The van der Waals surface area contributed by atoms with Crippen LogP contribution in [0.25, 0.3) is 0 Å². The van der Waals surface area contributed by atoms with Crippen molar-refractivity contribution in [2.24, 2.45) is 5.10 Å². The molecule has 3 aromatic carbocycles. The quantitative estimate of drug-likeness (QED) is 0.448. The molecule has 1 amide bonds. The summed E-state index contributed by atoms with van der Waals surface area (Å²) in [6.45, 7) is 0.417. The van der Waals surface area contributed by atoms with E-state index in [4.69, 9.17) is 4.74 Å². The number of nitrogens with zero attached hydrogens (tertiary/aromatic N) is 1. The van der Waals surface area contributed by atoms with Crippen LogP contribution in [0.1, 0.15) is 21.5 Å². The lowest BCUT2D eigenvalue weighted by molar-refractivity contribution is 0.0955. The zero-order chi connectivity index (χ0) is 19.1. The summed E-state index contributed by atoms with van der Waals surface area (Å²) < 4.78 is 19.8. The fourth-order valence-corrected chi connectivity index (χ4v) is 2.55. The van der Waals surface area contributed by atoms with Crippen molar-refractivity contribution in [2.45, 2.75) is 6.61 Å². The van der Waals surface area contributed by atoms with Crippen molar-refractivity contribution < 1.29 is 13.9 Å². The molecule has 0 radical (unpaired) electrons. The van der Waals surface area contributed by atoms with E-state index in [1.807, 2.05) is 48.5 Å². The van der Waals surface area contributed by atoms with Gasteiger partial charge in [-0.25, -0.2) is 9.82 Å². The summed E-state index contributed by atoms with van der Waals surface area (Å²) in [7, 11) is 0. The number of hydrazone groups is 1. The lowest BCUT2D eigenvalue weighted by Crippen LogP contribution is -2.17. The minimum atomic E-state index is -0.417. The molecule has 136 valence electrons. The van der Waals surface area contributed by atoms with Gasteiger partial charge in [-0.2, -0.15) is 5.10 Å². The molecular formula is C21H16BrFN2O2. The third kappa shape index (κ3) is 5.49. The van der Waals surface area contributed by atoms with E-state index in [0.717, 1.165) is 15.6 Å². The standard InChI is InChI=1S/C21H16BrFN2O2/c22-18-9-5-15(6-10-18)14-27-20-4-2-1-3-17(20)13-24-25-21(26)16-7-11-19(23)12-8-16/h1-13H,14H2,(H,25,26)/b24-13-. The molecule has 0 unspecified atom stereocenters. The van der Waals surface area contributed by atoms with Crippen LogP contribution in [-0.2, 0) is 6.61 Å². The predicted molar refractivity (Wildman–Crippen MR) is 106 cm³/mol. The molecule has 3 aromatic rings. The molecular weight excluding hydrogens is 411 g/mol. The summed E-state index contributed by atoms with van der Waals surface area (Å²) in [5.41, 5.74) is 4.52. The van der Waals surface area contributed by atoms with Crippen LogP contribution in [0.2, 0.25) is 0 Å². The van der Waals surface area contributed by atoms with Crippen molar-refractivity contribution in [1.82, 2.24) is 5.43 Å². The Morgan fingerprint density at radius 2 is 1.74 bits per heavy atom. The first-order valence-corrected chi connectivity index (χ1v) is 8.96. The molecule has 0 aromatic heterocycles. The number of carbonyl (C=O) groups is 1. The number of carbonyl (C=O) groups excluding carboxylic acids is 1. The van der Waals surface area contributed by atoms with Crippen molar-refractivity contribution in [3.8, 4) is 5.75 Å². The molecule has 0 spiro atoms. The van der Waals surface area contributed by atoms with Gasteiger partial charge in [-0.3, -0.25) is 4.79 Å². The summed E-state index contributed by atoms with van der Waals surface area (Å²) in [5, 5.41) is 3.96. The number of hydrogen-bond acceptors (Lipinski definition) is 3. The first kappa shape index (κ1) is 18.8. The molecule has 27 heavy (non-hydrogen) atoms. The van der Waals surface area contributed by atoms with Crippen LogP contribution in [0, 0.1) is 5.82 Å². The van der Waals surface area contributed by atoms with E-state index >= 15 is 0 Å². The summed E-state index contributed by atoms with van der Waals surface area (Å²) in [4.78, 5) is 12.0. The van der Waals surface area contributed by atoms with Crippen LogP contribution in [0.15, 0.2) is 82.4 Å². The highest BCUT2D eigenvalue weighted by atomic mass is 79.9. The summed E-state index contributed by atoms with van der Waals surface area (Å²) in [6, 6.07) is 20.5. The smallest absolute Gasteiger partial charge is 0.271 e. The lowest BCUT2D eigenvalue weighted by Gasteiger charge is -2.09. The zero-order valence-electron chi connectivity index (χ0n) is 14.2. The van der Waals surface area contributed by atoms with Crippen LogP contribution < -0.4 is 10.2 Å². The highest BCUT2D eigenvalue weighted by molar-refractivity contribution is 9.10. The van der Waals surface area contributed by atoms with Crippen LogP contribution in [0.4, 0.5) is 4.39 Å². The van der Waals surface area contributed by atoms with Gasteiger partial charge in [0.1, 0.15) is 18.2 Å². The minimum Gasteiger partial charge on any atom is -0.488 e. The number of amides is 1. The van der Waals surface area contributed by atoms with E-state index in [9.17, 15) is 9.18 Å². The van der Waals surface area contributed by atoms with E-state index < -0.39 is 11.7 Å². The number of para-hydroxylation sites is 1. The molecule has 0 atom stereocenters. The molecule has 0 aliphatic heterocycles. The number of halogens is 2. The number of benzene rings is 3. The molecule has 0 aliphatic carbocycles. The normalized spacial score (nSPS) is 10.7. The molecule has 4 nitrogen and oxygen atoms in total. The Hall–Kier alpha value is -2.99. The molecule has 1 N–H and O–H groups in total. The summed E-state index contributed by atoms with van der Waals surface area (Å²) in [5.74, 6) is -0.161. The van der Waals surface area contributed by atoms with Crippen molar-refractivity contribution in [1.29, 1.82) is 0 Å². The number of rotatable bonds is 6. The minimum absolute atomic E-state index is 0.327. The fraction of sp³-hybridized carbons (Fsp3) is 0.0476. The third-order valence-electron chi connectivity index (χ3n) is 3.70. The number of ether oxygens (including phenoxy) is 1. The Balaban J connectivity index is 1.62. The molecule has 0 fully saturated rings. The highest BCUT2D eigenvalue weighted by Gasteiger charge is 2.05. The monoisotopic (exact) mass is 426 g/mol. The number of hydrogen-bond donors (Lipinski definition) is 1. The Kier molecular flexibility index (Phi) is 6.33. The van der Waals surface area contributed by atoms with Gasteiger partial charge < -0.3 is 4.74 Å². The second kappa shape index (κ2) is 9.09. The third-order valence-corrected chi connectivity index (χ3v) is 4.23. The van der Waals surface area contributed by atoms with E-state index in [1.165, 1.54) is 30.5 Å². The first-order chi connectivity index (χ1) is 13.1. The Bertz CT molecular complexity index is 941. The van der Waals surface area contributed by atoms with Crippen LogP contribution in [-0.4, -0.2) is 12.1 Å². The predicted octanol–water partition coefficient (Wildman–Crippen LogP) is 4.93. The van der Waals surface area contributed by atoms with Gasteiger partial charge in [0.05, 0.1) is 6.21 Å². The number of nitrogens with one attached hydrogen (secondary N) is 1. The lowest BCUT2D eigenvalue weighted by atomic mass is 10.2. The largest absolute Gasteiger partial charge is 0.488 e. The molecule has 0 bridgehead atoms. The van der Waals surface area contributed by atoms with E-state index in [-0.39, 0.29) is 0 Å². The maximum atomic E-state index is 12.9. The molecule has 0 aliphatic rings. The van der Waals surface area contributed by atoms with Crippen molar-refractivity contribution >= 4 is 28.1 Å². The van der Waals surface area contributed by atoms with Gasteiger partial charge in [0.25, 0.3) is 5.91 Å². The van der Waals surface area contributed by atoms with Gasteiger partial charge in [0.2, 0.25) is 0 Å². The van der Waals surface area contributed by atoms with E-state index in [1.54, 1.807) is 0 Å². The molecule has 0 saturated carbocycles. The first-order valence-electron chi connectivity index (χ1n) is 8.17. The topological polar surface area (TPSA) is 50.7 Å². The van der Waals surface area contributed by atoms with Crippen molar-refractivity contribution in [3.05, 3.63) is 99.8 Å². The Morgan fingerprint density at radius 3 is 2.48 bits per heavy atom. The van der Waals surface area contributed by atoms with E-state index in [0.29, 0.717) is 17.9 Å². The van der Waals surface area contributed by atoms with Crippen molar-refractivity contribution in [2.75, 3.05) is 0 Å².